The lowest BCUT2D eigenvalue weighted by molar-refractivity contribution is -0.167. The van der Waals surface area contributed by atoms with Crippen LogP contribution in [0.1, 0.15) is 44.7 Å². The number of phosphoric acid groups is 1. The summed E-state index contributed by atoms with van der Waals surface area (Å²) in [6.45, 7) is 0.565. The Labute approximate surface area is 271 Å². The van der Waals surface area contributed by atoms with E-state index in [4.69, 9.17) is 25.1 Å². The Hall–Kier alpha value is -4.60. The predicted molar refractivity (Wildman–Crippen MR) is 154 cm³/mol. The van der Waals surface area contributed by atoms with Crippen molar-refractivity contribution in [2.75, 3.05) is 13.2 Å². The molecular formula is C25H37N6O16P. The summed E-state index contributed by atoms with van der Waals surface area (Å²) in [4.78, 5) is 103. The normalized spacial score (nSPS) is 17.0. The maximum absolute atomic E-state index is 13.0. The van der Waals surface area contributed by atoms with Gasteiger partial charge >= 0.3 is 31.7 Å². The molecule has 0 aliphatic carbocycles. The van der Waals surface area contributed by atoms with Crippen molar-refractivity contribution in [3.63, 3.8) is 0 Å². The second kappa shape index (κ2) is 18.7. The van der Waals surface area contributed by atoms with Gasteiger partial charge in [-0.3, -0.25) is 29.0 Å². The molecule has 0 spiro atoms. The Morgan fingerprint density at radius 3 is 2.35 bits per heavy atom. The summed E-state index contributed by atoms with van der Waals surface area (Å²) in [6.07, 6.45) is -1.23. The van der Waals surface area contributed by atoms with Crippen LogP contribution in [0.2, 0.25) is 0 Å². The first-order chi connectivity index (χ1) is 22.6. The van der Waals surface area contributed by atoms with Gasteiger partial charge in [0.25, 0.3) is 5.76 Å². The van der Waals surface area contributed by atoms with Crippen LogP contribution in [0.4, 0.5) is 0 Å². The number of carbonyl (C=O) groups is 6. The number of nitrogens with zero attached hydrogens (tertiary/aromatic N) is 1. The maximum atomic E-state index is 13.0. The fraction of sp³-hybridized carbons (Fsp3) is 0.560. The number of aliphatic hydroxyl groups is 2. The summed E-state index contributed by atoms with van der Waals surface area (Å²) < 4.78 is 24.6. The van der Waals surface area contributed by atoms with Crippen molar-refractivity contribution in [2.45, 2.75) is 75.8 Å². The van der Waals surface area contributed by atoms with Crippen molar-refractivity contribution >= 4 is 43.5 Å². The number of hydroxylamine groups is 1. The van der Waals surface area contributed by atoms with E-state index in [2.05, 4.69) is 35.3 Å². The van der Waals surface area contributed by atoms with Crippen molar-refractivity contribution in [1.29, 1.82) is 0 Å². The first kappa shape index (κ1) is 39.6. The quantitative estimate of drug-likeness (QED) is 0.0201. The standard InChI is InChI=1S/C25H37N6O16P/c1-12(22(36)29-14(4-2-3-7-26)23(37)30-15(24(38)39)8-13-9-27-11-28-13)31-46-18(34)6-5-17(33)44-16(10-32)20-19(35)21(25(40)45-20)47-48(41,42)43/h9,11-12,14-16,20,31-32,35H,2-8,10,26H2,1H3,(H,27,28)(H,29,36)(H,30,37)(H,38,39)(H2,41,42,43). The van der Waals surface area contributed by atoms with E-state index < -0.39 is 105 Å². The second-order valence-electron chi connectivity index (χ2n) is 10.2. The molecule has 5 unspecified atom stereocenters. The van der Waals surface area contributed by atoms with Gasteiger partial charge in [0.2, 0.25) is 17.9 Å². The van der Waals surface area contributed by atoms with Crippen molar-refractivity contribution < 1.29 is 77.3 Å². The Balaban J connectivity index is 1.87. The molecule has 1 aromatic rings. The average Bonchev–Trinajstić information content (AvgIpc) is 3.63. The molecule has 22 nitrogen and oxygen atoms in total. The number of cyclic esters (lactones) is 1. The molecule has 0 saturated carbocycles. The minimum Gasteiger partial charge on any atom is -0.505 e. The first-order valence-corrected chi connectivity index (χ1v) is 15.7. The number of imidazole rings is 1. The minimum atomic E-state index is -5.28. The van der Waals surface area contributed by atoms with Crippen LogP contribution < -0.4 is 21.8 Å². The average molecular weight is 709 g/mol. The number of aromatic amines is 1. The van der Waals surface area contributed by atoms with Gasteiger partial charge in [0, 0.05) is 18.3 Å². The van der Waals surface area contributed by atoms with Gasteiger partial charge < -0.3 is 55.5 Å². The molecule has 0 aromatic carbocycles. The van der Waals surface area contributed by atoms with Crippen LogP contribution in [-0.2, 0) is 58.6 Å². The largest absolute Gasteiger partial charge is 0.525 e. The summed E-state index contributed by atoms with van der Waals surface area (Å²) in [5, 5.41) is 33.9. The lowest BCUT2D eigenvalue weighted by Crippen LogP contribution is -2.55. The number of ether oxygens (including phenoxy) is 2. The zero-order chi connectivity index (χ0) is 36.0. The van der Waals surface area contributed by atoms with Gasteiger partial charge in [0.1, 0.15) is 18.1 Å². The van der Waals surface area contributed by atoms with Gasteiger partial charge in [-0.25, -0.2) is 19.1 Å². The number of aliphatic hydroxyl groups excluding tert-OH is 2. The third kappa shape index (κ3) is 12.9. The lowest BCUT2D eigenvalue weighted by atomic mass is 10.1. The van der Waals surface area contributed by atoms with E-state index in [0.29, 0.717) is 25.1 Å². The number of carboxylic acids is 1. The molecule has 268 valence electrons. The van der Waals surface area contributed by atoms with Crippen LogP contribution in [-0.4, -0.2) is 114 Å². The van der Waals surface area contributed by atoms with Crippen molar-refractivity contribution in [3.05, 3.63) is 29.7 Å². The van der Waals surface area contributed by atoms with Crippen LogP contribution in [0.15, 0.2) is 24.0 Å². The number of esters is 2. The SMILES string of the molecule is CC(NOC(=O)CCC(=O)OC(CO)C1OC(=O)C(OP(=O)(O)O)=C1O)C(=O)NC(CCCCN)C(=O)NC(Cc1cnc[nH]1)C(=O)O. The van der Waals surface area contributed by atoms with E-state index in [1.165, 1.54) is 19.4 Å². The Morgan fingerprint density at radius 1 is 1.10 bits per heavy atom. The smallest absolute Gasteiger partial charge is 0.505 e. The molecule has 1 aliphatic rings. The molecule has 11 N–H and O–H groups in total. The lowest BCUT2D eigenvalue weighted by Gasteiger charge is -2.23. The Morgan fingerprint density at radius 2 is 1.77 bits per heavy atom. The number of hydrogen-bond donors (Lipinski definition) is 10. The molecular weight excluding hydrogens is 671 g/mol. The summed E-state index contributed by atoms with van der Waals surface area (Å²) in [5.74, 6) is -9.00. The topological polar surface area (TPSA) is 348 Å². The predicted octanol–water partition coefficient (Wildman–Crippen LogP) is -2.94. The highest BCUT2D eigenvalue weighted by molar-refractivity contribution is 7.46. The van der Waals surface area contributed by atoms with E-state index in [-0.39, 0.29) is 12.8 Å². The van der Waals surface area contributed by atoms with Crippen LogP contribution in [0.3, 0.4) is 0 Å². The molecule has 0 fully saturated rings. The number of carbonyl (C=O) groups excluding carboxylic acids is 5. The maximum Gasteiger partial charge on any atom is 0.525 e. The number of aliphatic carboxylic acids is 1. The molecule has 2 amide bonds. The van der Waals surface area contributed by atoms with Crippen LogP contribution in [0, 0.1) is 0 Å². The summed E-state index contributed by atoms with van der Waals surface area (Å²) in [6, 6.07) is -3.74. The van der Waals surface area contributed by atoms with E-state index >= 15 is 0 Å². The molecule has 23 heteroatoms. The fourth-order valence-corrected chi connectivity index (χ4v) is 4.35. The summed E-state index contributed by atoms with van der Waals surface area (Å²) >= 11 is 0. The number of aromatic nitrogens is 2. The molecule has 0 radical (unpaired) electrons. The number of nitrogens with two attached hydrogens (primary N) is 1. The van der Waals surface area contributed by atoms with E-state index in [1.807, 2.05) is 0 Å². The van der Waals surface area contributed by atoms with Crippen molar-refractivity contribution in [1.82, 2.24) is 26.1 Å². The van der Waals surface area contributed by atoms with E-state index in [0.717, 1.165) is 0 Å². The third-order valence-corrected chi connectivity index (χ3v) is 6.80. The number of amides is 2. The van der Waals surface area contributed by atoms with Crippen LogP contribution in [0.25, 0.3) is 0 Å². The van der Waals surface area contributed by atoms with Crippen molar-refractivity contribution in [3.8, 4) is 0 Å². The number of carboxylic acid groups (broad SMARTS) is 1. The monoisotopic (exact) mass is 708 g/mol. The highest BCUT2D eigenvalue weighted by Crippen LogP contribution is 2.42. The first-order valence-electron chi connectivity index (χ1n) is 14.2. The highest BCUT2D eigenvalue weighted by Gasteiger charge is 2.45. The van der Waals surface area contributed by atoms with Crippen LogP contribution >= 0.6 is 7.82 Å². The van der Waals surface area contributed by atoms with E-state index in [1.54, 1.807) is 0 Å². The van der Waals surface area contributed by atoms with Crippen molar-refractivity contribution in [2.24, 2.45) is 5.73 Å². The van der Waals surface area contributed by atoms with Gasteiger partial charge in [0.15, 0.2) is 11.9 Å². The zero-order valence-corrected chi connectivity index (χ0v) is 26.3. The highest BCUT2D eigenvalue weighted by atomic mass is 31.2. The van der Waals surface area contributed by atoms with Gasteiger partial charge in [-0.05, 0) is 32.7 Å². The molecule has 1 aliphatic heterocycles. The molecule has 5 atom stereocenters. The summed E-state index contributed by atoms with van der Waals surface area (Å²) in [7, 11) is -5.28. The molecule has 2 rings (SSSR count). The number of H-pyrrole nitrogens is 1. The van der Waals surface area contributed by atoms with Gasteiger partial charge in [-0.1, -0.05) is 0 Å². The molecule has 0 bridgehead atoms. The van der Waals surface area contributed by atoms with Gasteiger partial charge in [0.05, 0.1) is 25.8 Å². The molecule has 1 aromatic heterocycles. The molecule has 48 heavy (non-hydrogen) atoms. The second-order valence-corrected chi connectivity index (χ2v) is 11.3. The number of hydrogen-bond acceptors (Lipinski definition) is 16. The number of phosphoric ester groups is 1. The van der Waals surface area contributed by atoms with Gasteiger partial charge in [-0.2, -0.15) is 0 Å². The Kier molecular flexibility index (Phi) is 15.4. The fourth-order valence-electron chi connectivity index (χ4n) is 3.95. The third-order valence-electron chi connectivity index (χ3n) is 6.38. The molecule has 0 saturated heterocycles. The van der Waals surface area contributed by atoms with E-state index in [9.17, 15) is 48.7 Å². The number of nitrogens with one attached hydrogen (secondary N) is 4. The van der Waals surface area contributed by atoms with Gasteiger partial charge in [-0.15, -0.1) is 5.48 Å². The van der Waals surface area contributed by atoms with Crippen LogP contribution in [0.5, 0.6) is 0 Å². The number of unbranched alkanes of at least 4 members (excludes halogenated alkanes) is 1. The minimum absolute atomic E-state index is 0.102. The summed E-state index contributed by atoms with van der Waals surface area (Å²) in [5.41, 5.74) is 8.11. The molecule has 2 heterocycles. The number of rotatable bonds is 21. The Bertz CT molecular complexity index is 1380. The zero-order valence-electron chi connectivity index (χ0n) is 25.4.